The molecular formula is C32H23F2N3O5. The lowest BCUT2D eigenvalue weighted by atomic mass is 9.97. The Labute approximate surface area is 237 Å². The highest BCUT2D eigenvalue weighted by atomic mass is 19.1. The van der Waals surface area contributed by atoms with E-state index in [1.165, 1.54) is 25.3 Å². The first-order valence-electron chi connectivity index (χ1n) is 13.1. The van der Waals surface area contributed by atoms with Crippen molar-refractivity contribution in [2.45, 2.75) is 13.0 Å². The summed E-state index contributed by atoms with van der Waals surface area (Å²) in [6.45, 7) is 0.197. The van der Waals surface area contributed by atoms with Crippen LogP contribution in [0.3, 0.4) is 0 Å². The van der Waals surface area contributed by atoms with Gasteiger partial charge in [-0.3, -0.25) is 5.32 Å². The van der Waals surface area contributed by atoms with Crippen molar-refractivity contribution in [3.05, 3.63) is 95.6 Å². The van der Waals surface area contributed by atoms with Crippen LogP contribution in [0.25, 0.3) is 55.8 Å². The summed E-state index contributed by atoms with van der Waals surface area (Å²) in [5.74, 6) is -0.543. The molecule has 10 heteroatoms. The van der Waals surface area contributed by atoms with Gasteiger partial charge >= 0.3 is 5.97 Å². The second kappa shape index (κ2) is 9.79. The van der Waals surface area contributed by atoms with Crippen LogP contribution in [-0.4, -0.2) is 34.8 Å². The van der Waals surface area contributed by atoms with Gasteiger partial charge in [0.05, 0.1) is 29.6 Å². The number of rotatable bonds is 5. The number of ether oxygens (including phenoxy) is 2. The van der Waals surface area contributed by atoms with Gasteiger partial charge in [0.2, 0.25) is 0 Å². The molecule has 0 saturated heterocycles. The number of aliphatic hydroxyl groups is 1. The molecule has 0 spiro atoms. The van der Waals surface area contributed by atoms with E-state index < -0.39 is 18.0 Å². The lowest BCUT2D eigenvalue weighted by molar-refractivity contribution is 0.0601. The molecule has 3 aromatic carbocycles. The molecule has 0 saturated carbocycles. The molecule has 0 radical (unpaired) electrons. The zero-order chi connectivity index (χ0) is 29.1. The van der Waals surface area contributed by atoms with Crippen LogP contribution >= 0.6 is 0 Å². The number of fused-ring (bicyclic) bond motifs is 6. The predicted octanol–water partition coefficient (Wildman–Crippen LogP) is 6.41. The number of nitrogens with zero attached hydrogens (tertiary/aromatic N) is 2. The van der Waals surface area contributed by atoms with Crippen molar-refractivity contribution < 1.29 is 32.6 Å². The number of esters is 1. The molecule has 210 valence electrons. The first-order chi connectivity index (χ1) is 20.4. The van der Waals surface area contributed by atoms with E-state index in [1.807, 2.05) is 10.6 Å². The first-order valence-corrected chi connectivity index (χ1v) is 13.1. The summed E-state index contributed by atoms with van der Waals surface area (Å²) in [4.78, 5) is 17.9. The van der Waals surface area contributed by atoms with E-state index in [4.69, 9.17) is 18.9 Å². The van der Waals surface area contributed by atoms with Gasteiger partial charge in [-0.05, 0) is 73.8 Å². The molecule has 4 heterocycles. The van der Waals surface area contributed by atoms with E-state index in [2.05, 4.69) is 5.32 Å². The van der Waals surface area contributed by atoms with Gasteiger partial charge < -0.3 is 23.6 Å². The van der Waals surface area contributed by atoms with Crippen molar-refractivity contribution in [3.63, 3.8) is 0 Å². The topological polar surface area (TPSA) is 98.8 Å². The molecule has 1 aliphatic heterocycles. The number of aliphatic hydroxyl groups excluding tert-OH is 1. The van der Waals surface area contributed by atoms with Gasteiger partial charge in [-0.15, -0.1) is 0 Å². The SMILES string of the molecule is CNC(O)c1c(-c2ccc(F)cc2)oc2cc(C(=O)OC)c(-c3ccc4c(n3)-c3cc5c(F)cccc5n3CO4)cc12. The summed E-state index contributed by atoms with van der Waals surface area (Å²) in [5.41, 5.74) is 4.14. The number of pyridine rings is 1. The highest BCUT2D eigenvalue weighted by Gasteiger charge is 2.27. The Morgan fingerprint density at radius 3 is 2.64 bits per heavy atom. The number of benzene rings is 3. The molecule has 3 aromatic heterocycles. The molecule has 1 aliphatic rings. The molecule has 7 rings (SSSR count). The quantitative estimate of drug-likeness (QED) is 0.184. The summed E-state index contributed by atoms with van der Waals surface area (Å²) in [6.07, 6.45) is -1.14. The van der Waals surface area contributed by atoms with Crippen LogP contribution in [0.5, 0.6) is 5.75 Å². The molecule has 1 unspecified atom stereocenters. The van der Waals surface area contributed by atoms with E-state index in [1.54, 1.807) is 55.6 Å². The fraction of sp³-hybridized carbons (Fsp3) is 0.125. The van der Waals surface area contributed by atoms with E-state index in [-0.39, 0.29) is 18.1 Å². The van der Waals surface area contributed by atoms with Crippen molar-refractivity contribution >= 4 is 27.8 Å². The maximum atomic E-state index is 14.6. The van der Waals surface area contributed by atoms with Crippen molar-refractivity contribution in [1.29, 1.82) is 0 Å². The summed E-state index contributed by atoms with van der Waals surface area (Å²) < 4.78 is 47.3. The number of hydrogen-bond donors (Lipinski definition) is 2. The van der Waals surface area contributed by atoms with E-state index in [0.29, 0.717) is 67.2 Å². The largest absolute Gasteiger partial charge is 0.470 e. The second-order valence-electron chi connectivity index (χ2n) is 9.88. The third-order valence-electron chi connectivity index (χ3n) is 7.54. The predicted molar refractivity (Wildman–Crippen MR) is 152 cm³/mol. The lowest BCUT2D eigenvalue weighted by Gasteiger charge is -2.21. The Morgan fingerprint density at radius 2 is 1.88 bits per heavy atom. The molecular weight excluding hydrogens is 544 g/mol. The summed E-state index contributed by atoms with van der Waals surface area (Å²) in [7, 11) is 2.87. The van der Waals surface area contributed by atoms with Gasteiger partial charge in [0.15, 0.2) is 6.73 Å². The smallest absolute Gasteiger partial charge is 0.338 e. The Morgan fingerprint density at radius 1 is 1.07 bits per heavy atom. The van der Waals surface area contributed by atoms with E-state index in [0.717, 1.165) is 0 Å². The molecule has 42 heavy (non-hydrogen) atoms. The molecule has 0 aliphatic carbocycles. The third-order valence-corrected chi connectivity index (χ3v) is 7.54. The van der Waals surface area contributed by atoms with Crippen molar-refractivity contribution in [2.24, 2.45) is 0 Å². The molecule has 6 aromatic rings. The van der Waals surface area contributed by atoms with Gasteiger partial charge in [-0.25, -0.2) is 18.6 Å². The molecule has 1 atom stereocenters. The number of methoxy groups -OCH3 is 1. The summed E-state index contributed by atoms with van der Waals surface area (Å²) in [5, 5.41) is 14.7. The van der Waals surface area contributed by atoms with E-state index in [9.17, 15) is 18.7 Å². The number of carbonyl (C=O) groups is 1. The Hall–Kier alpha value is -5.06. The van der Waals surface area contributed by atoms with Gasteiger partial charge in [0.1, 0.15) is 40.6 Å². The average Bonchev–Trinajstić information content (AvgIpc) is 3.59. The minimum Gasteiger partial charge on any atom is -0.470 e. The van der Waals surface area contributed by atoms with Gasteiger partial charge in [0.25, 0.3) is 0 Å². The number of furan rings is 1. The number of carbonyl (C=O) groups excluding carboxylic acids is 1. The van der Waals surface area contributed by atoms with Crippen LogP contribution < -0.4 is 10.1 Å². The summed E-state index contributed by atoms with van der Waals surface area (Å²) in [6, 6.07) is 19.0. The molecule has 0 fully saturated rings. The van der Waals surface area contributed by atoms with Gasteiger partial charge in [0, 0.05) is 27.5 Å². The standard InChI is InChI=1S/C32H23F2N3O5/c1-35-31(38)28-21-12-18(19(32(39)40-2)14-27(21)42-30(28)16-6-8-17(33)9-7-16)23-10-11-26-29(36-23)25-13-20-22(34)4-3-5-24(20)37(25)15-41-26/h3-14,31,35,38H,15H2,1-2H3. The van der Waals surface area contributed by atoms with Crippen LogP contribution in [0.2, 0.25) is 0 Å². The number of nitrogens with one attached hydrogen (secondary N) is 1. The number of halogens is 2. The number of aromatic nitrogens is 2. The lowest BCUT2D eigenvalue weighted by Crippen LogP contribution is -2.15. The third kappa shape index (κ3) is 3.95. The van der Waals surface area contributed by atoms with Gasteiger partial charge in [-0.2, -0.15) is 0 Å². The maximum absolute atomic E-state index is 14.6. The summed E-state index contributed by atoms with van der Waals surface area (Å²) >= 11 is 0. The maximum Gasteiger partial charge on any atom is 0.338 e. The fourth-order valence-corrected chi connectivity index (χ4v) is 5.50. The van der Waals surface area contributed by atoms with Crippen LogP contribution in [0.4, 0.5) is 8.78 Å². The Kier molecular flexibility index (Phi) is 6.03. The normalized spacial score (nSPS) is 13.1. The van der Waals surface area contributed by atoms with Crippen LogP contribution in [0.1, 0.15) is 22.1 Å². The van der Waals surface area contributed by atoms with E-state index >= 15 is 0 Å². The minimum absolute atomic E-state index is 0.186. The molecule has 2 N–H and O–H groups in total. The van der Waals surface area contributed by atoms with Crippen molar-refractivity contribution in [3.8, 4) is 39.7 Å². The fourth-order valence-electron chi connectivity index (χ4n) is 5.50. The zero-order valence-corrected chi connectivity index (χ0v) is 22.4. The second-order valence-corrected chi connectivity index (χ2v) is 9.88. The molecule has 0 amide bonds. The van der Waals surface area contributed by atoms with Crippen LogP contribution in [0.15, 0.2) is 77.2 Å². The Balaban J connectivity index is 1.46. The van der Waals surface area contributed by atoms with Crippen LogP contribution in [0, 0.1) is 11.6 Å². The average molecular weight is 568 g/mol. The van der Waals surface area contributed by atoms with Crippen molar-refractivity contribution in [2.75, 3.05) is 14.2 Å². The first kappa shape index (κ1) is 25.9. The number of hydrogen-bond acceptors (Lipinski definition) is 7. The van der Waals surface area contributed by atoms with Crippen molar-refractivity contribution in [1.82, 2.24) is 14.9 Å². The molecule has 8 nitrogen and oxygen atoms in total. The van der Waals surface area contributed by atoms with Crippen LogP contribution in [-0.2, 0) is 11.5 Å². The highest BCUT2D eigenvalue weighted by Crippen LogP contribution is 2.42. The molecule has 0 bridgehead atoms. The zero-order valence-electron chi connectivity index (χ0n) is 22.4. The Bertz CT molecular complexity index is 2030. The minimum atomic E-state index is -1.14. The highest BCUT2D eigenvalue weighted by molar-refractivity contribution is 6.03. The monoisotopic (exact) mass is 567 g/mol. The van der Waals surface area contributed by atoms with Gasteiger partial charge in [-0.1, -0.05) is 6.07 Å².